The molecule has 0 saturated carbocycles. The molecule has 0 atom stereocenters. The van der Waals surface area contributed by atoms with Crippen molar-refractivity contribution in [1.82, 2.24) is 4.98 Å². The summed E-state index contributed by atoms with van der Waals surface area (Å²) >= 11 is 23.5. The molecule has 0 unspecified atom stereocenters. The first-order valence-corrected chi connectivity index (χ1v) is 5.96. The van der Waals surface area contributed by atoms with E-state index in [2.05, 4.69) is 4.98 Å². The third-order valence-corrected chi connectivity index (χ3v) is 3.61. The van der Waals surface area contributed by atoms with Crippen LogP contribution in [0.4, 0.5) is 4.39 Å². The van der Waals surface area contributed by atoms with Crippen molar-refractivity contribution in [3.8, 4) is 11.1 Å². The van der Waals surface area contributed by atoms with Crippen molar-refractivity contribution in [2.75, 3.05) is 0 Å². The van der Waals surface area contributed by atoms with Gasteiger partial charge < -0.3 is 0 Å². The van der Waals surface area contributed by atoms with Crippen LogP contribution in [0.1, 0.15) is 0 Å². The zero-order valence-electron chi connectivity index (χ0n) is 8.15. The average molecular weight is 311 g/mol. The third-order valence-electron chi connectivity index (χ3n) is 2.13. The van der Waals surface area contributed by atoms with Crippen molar-refractivity contribution < 1.29 is 4.39 Å². The summed E-state index contributed by atoms with van der Waals surface area (Å²) in [6, 6.07) is 3.00. The van der Waals surface area contributed by atoms with Crippen LogP contribution >= 0.6 is 46.4 Å². The maximum absolute atomic E-state index is 13.6. The molecule has 2 aromatic rings. The Hall–Kier alpha value is -0.540. The number of benzene rings is 1. The van der Waals surface area contributed by atoms with Crippen molar-refractivity contribution in [2.24, 2.45) is 0 Å². The molecule has 0 radical (unpaired) electrons. The summed E-state index contributed by atoms with van der Waals surface area (Å²) in [4.78, 5) is 3.63. The second-order valence-electron chi connectivity index (χ2n) is 3.23. The van der Waals surface area contributed by atoms with Gasteiger partial charge in [-0.2, -0.15) is 0 Å². The molecule has 0 amide bonds. The molecule has 1 aromatic carbocycles. The molecule has 0 fully saturated rings. The number of pyridine rings is 1. The molecule has 0 bridgehead atoms. The van der Waals surface area contributed by atoms with E-state index in [-0.39, 0.29) is 25.7 Å². The first kappa shape index (κ1) is 12.9. The first-order chi connectivity index (χ1) is 8.00. The highest BCUT2D eigenvalue weighted by Gasteiger charge is 2.13. The Labute approximate surface area is 117 Å². The van der Waals surface area contributed by atoms with E-state index in [1.54, 1.807) is 0 Å². The van der Waals surface area contributed by atoms with Crippen LogP contribution in [0.15, 0.2) is 24.5 Å². The monoisotopic (exact) mass is 309 g/mol. The van der Waals surface area contributed by atoms with E-state index < -0.39 is 5.82 Å². The summed E-state index contributed by atoms with van der Waals surface area (Å²) in [6.45, 7) is 0. The number of aromatic nitrogens is 1. The number of hydrogen-bond acceptors (Lipinski definition) is 1. The van der Waals surface area contributed by atoms with Crippen LogP contribution in [0.2, 0.25) is 20.1 Å². The van der Waals surface area contributed by atoms with Gasteiger partial charge in [-0.3, -0.25) is 4.98 Å². The maximum Gasteiger partial charge on any atom is 0.150 e. The van der Waals surface area contributed by atoms with Gasteiger partial charge in [0.05, 0.1) is 26.3 Å². The Bertz CT molecular complexity index is 542. The maximum atomic E-state index is 13.6. The van der Waals surface area contributed by atoms with Crippen LogP contribution in [0.25, 0.3) is 11.1 Å². The van der Waals surface area contributed by atoms with Gasteiger partial charge in [0.1, 0.15) is 0 Å². The summed E-state index contributed by atoms with van der Waals surface area (Å²) in [7, 11) is 0. The Kier molecular flexibility index (Phi) is 3.79. The highest BCUT2D eigenvalue weighted by molar-refractivity contribution is 6.48. The predicted molar refractivity (Wildman–Crippen MR) is 69.7 cm³/mol. The Morgan fingerprint density at radius 3 is 2.00 bits per heavy atom. The molecule has 0 aliphatic carbocycles. The highest BCUT2D eigenvalue weighted by Crippen LogP contribution is 2.37. The number of halogens is 5. The fourth-order valence-electron chi connectivity index (χ4n) is 1.39. The Morgan fingerprint density at radius 2 is 1.47 bits per heavy atom. The molecular weight excluding hydrogens is 307 g/mol. The largest absolute Gasteiger partial charge is 0.260 e. The zero-order chi connectivity index (χ0) is 12.6. The minimum atomic E-state index is -0.549. The number of nitrogens with zero attached hydrogens (tertiary/aromatic N) is 1. The standard InChI is InChI=1S/C11H4Cl4FN/c12-6-1-5(2-7(13)11(6)15)10-8(14)3-17-4-9(10)16/h1-4H. The lowest BCUT2D eigenvalue weighted by Gasteiger charge is -2.08. The molecule has 6 heteroatoms. The van der Waals surface area contributed by atoms with Gasteiger partial charge in [0, 0.05) is 11.8 Å². The lowest BCUT2D eigenvalue weighted by Crippen LogP contribution is -1.88. The topological polar surface area (TPSA) is 12.9 Å². The van der Waals surface area contributed by atoms with Crippen LogP contribution in [0.3, 0.4) is 0 Å². The lowest BCUT2D eigenvalue weighted by molar-refractivity contribution is 0.625. The molecule has 0 aliphatic rings. The summed E-state index contributed by atoms with van der Waals surface area (Å²) in [5, 5.41) is 0.880. The minimum absolute atomic E-state index is 0.180. The molecule has 0 spiro atoms. The van der Waals surface area contributed by atoms with Gasteiger partial charge in [0.15, 0.2) is 5.82 Å². The van der Waals surface area contributed by atoms with Crippen LogP contribution in [0, 0.1) is 5.82 Å². The molecule has 88 valence electrons. The van der Waals surface area contributed by atoms with Gasteiger partial charge in [-0.05, 0) is 17.7 Å². The average Bonchev–Trinajstić information content (AvgIpc) is 2.25. The zero-order valence-corrected chi connectivity index (χ0v) is 11.2. The van der Waals surface area contributed by atoms with Gasteiger partial charge in [-0.25, -0.2) is 4.39 Å². The molecule has 2 rings (SSSR count). The summed E-state index contributed by atoms with van der Waals surface area (Å²) in [5.41, 5.74) is 0.649. The highest BCUT2D eigenvalue weighted by atomic mass is 35.5. The van der Waals surface area contributed by atoms with Gasteiger partial charge in [0.25, 0.3) is 0 Å². The summed E-state index contributed by atoms with van der Waals surface area (Å²) in [5.74, 6) is -0.549. The van der Waals surface area contributed by atoms with Crippen LogP contribution in [-0.4, -0.2) is 4.98 Å². The molecule has 1 aromatic heterocycles. The predicted octanol–water partition coefficient (Wildman–Crippen LogP) is 5.50. The lowest BCUT2D eigenvalue weighted by atomic mass is 10.1. The molecule has 0 aliphatic heterocycles. The van der Waals surface area contributed by atoms with Gasteiger partial charge in [-0.1, -0.05) is 46.4 Å². The molecular formula is C11H4Cl4FN. The minimum Gasteiger partial charge on any atom is -0.260 e. The van der Waals surface area contributed by atoms with Gasteiger partial charge >= 0.3 is 0 Å². The molecule has 0 N–H and O–H groups in total. The van der Waals surface area contributed by atoms with E-state index in [1.807, 2.05) is 0 Å². The number of rotatable bonds is 1. The van der Waals surface area contributed by atoms with Crippen molar-refractivity contribution >= 4 is 46.4 Å². The second-order valence-corrected chi connectivity index (χ2v) is 4.83. The van der Waals surface area contributed by atoms with E-state index in [0.29, 0.717) is 5.56 Å². The molecule has 17 heavy (non-hydrogen) atoms. The molecule has 1 nitrogen and oxygen atoms in total. The number of hydrogen-bond donors (Lipinski definition) is 0. The first-order valence-electron chi connectivity index (χ1n) is 4.44. The smallest absolute Gasteiger partial charge is 0.150 e. The summed E-state index contributed by atoms with van der Waals surface area (Å²) < 4.78 is 13.6. The molecule has 1 heterocycles. The van der Waals surface area contributed by atoms with Gasteiger partial charge in [0.2, 0.25) is 0 Å². The van der Waals surface area contributed by atoms with Crippen molar-refractivity contribution in [1.29, 1.82) is 0 Å². The quantitative estimate of drug-likeness (QED) is 0.634. The van der Waals surface area contributed by atoms with Crippen molar-refractivity contribution in [3.63, 3.8) is 0 Å². The summed E-state index contributed by atoms with van der Waals surface area (Å²) in [6.07, 6.45) is 2.41. The fourth-order valence-corrected chi connectivity index (χ4v) is 2.24. The van der Waals surface area contributed by atoms with Crippen LogP contribution in [0.5, 0.6) is 0 Å². The van der Waals surface area contributed by atoms with Gasteiger partial charge in [-0.15, -0.1) is 0 Å². The van der Waals surface area contributed by atoms with E-state index in [9.17, 15) is 4.39 Å². The second kappa shape index (κ2) is 4.99. The third kappa shape index (κ3) is 2.50. The van der Waals surface area contributed by atoms with E-state index in [4.69, 9.17) is 46.4 Å². The van der Waals surface area contributed by atoms with E-state index >= 15 is 0 Å². The van der Waals surface area contributed by atoms with E-state index in [0.717, 1.165) is 6.20 Å². The van der Waals surface area contributed by atoms with E-state index in [1.165, 1.54) is 18.3 Å². The fraction of sp³-hybridized carbons (Fsp3) is 0. The van der Waals surface area contributed by atoms with Crippen LogP contribution < -0.4 is 0 Å². The van der Waals surface area contributed by atoms with Crippen molar-refractivity contribution in [3.05, 3.63) is 50.4 Å². The normalized spacial score (nSPS) is 10.6. The van der Waals surface area contributed by atoms with Crippen molar-refractivity contribution in [2.45, 2.75) is 0 Å². The SMILES string of the molecule is Fc1cncc(Cl)c1-c1cc(Cl)c(Cl)c(Cl)c1. The van der Waals surface area contributed by atoms with Crippen LogP contribution in [-0.2, 0) is 0 Å². The molecule has 0 saturated heterocycles. The Morgan fingerprint density at radius 1 is 0.882 bits per heavy atom. The Balaban J connectivity index is 2.69.